The molecule has 2 saturated heterocycles. The number of carbonyl (C=O) groups is 1. The largest absolute Gasteiger partial charge is 0.491 e. The number of piperidine rings is 1. The average Bonchev–Trinajstić information content (AvgIpc) is 3.37. The van der Waals surface area contributed by atoms with Crippen LogP contribution in [0, 0.1) is 5.41 Å². The lowest BCUT2D eigenvalue weighted by Crippen LogP contribution is -2.63. The molecule has 2 aliphatic rings. The Kier molecular flexibility index (Phi) is 6.76. The van der Waals surface area contributed by atoms with Gasteiger partial charge in [-0.3, -0.25) is 9.78 Å². The van der Waals surface area contributed by atoms with Crippen molar-refractivity contribution in [2.45, 2.75) is 58.2 Å². The monoisotopic (exact) mass is 505 g/mol. The van der Waals surface area contributed by atoms with Gasteiger partial charge >= 0.3 is 0 Å². The van der Waals surface area contributed by atoms with Crippen LogP contribution in [0.2, 0.25) is 0 Å². The molecule has 37 heavy (non-hydrogen) atoms. The fourth-order valence-electron chi connectivity index (χ4n) is 5.39. The predicted octanol–water partition coefficient (Wildman–Crippen LogP) is 3.49. The summed E-state index contributed by atoms with van der Waals surface area (Å²) in [5.74, 6) is 2.00. The van der Waals surface area contributed by atoms with Crippen molar-refractivity contribution in [1.29, 1.82) is 0 Å². The topological polar surface area (TPSA) is 114 Å². The van der Waals surface area contributed by atoms with Gasteiger partial charge in [0.25, 0.3) is 0 Å². The van der Waals surface area contributed by atoms with Crippen LogP contribution in [-0.2, 0) is 10.4 Å². The Morgan fingerprint density at radius 2 is 1.89 bits per heavy atom. The number of aliphatic hydroxyl groups is 1. The first kappa shape index (κ1) is 25.4. The third kappa shape index (κ3) is 4.73. The van der Waals surface area contributed by atoms with E-state index >= 15 is 0 Å². The van der Waals surface area contributed by atoms with Gasteiger partial charge in [-0.25, -0.2) is 0 Å². The highest BCUT2D eigenvalue weighted by atomic mass is 16.5. The molecule has 5 rings (SSSR count). The summed E-state index contributed by atoms with van der Waals surface area (Å²) >= 11 is 0. The van der Waals surface area contributed by atoms with Crippen molar-refractivity contribution < 1.29 is 19.2 Å². The molecule has 0 saturated carbocycles. The molecular weight excluding hydrogens is 470 g/mol. The average molecular weight is 506 g/mol. The maximum absolute atomic E-state index is 12.3. The van der Waals surface area contributed by atoms with Gasteiger partial charge in [0.15, 0.2) is 0 Å². The zero-order chi connectivity index (χ0) is 26.2. The normalized spacial score (nSPS) is 19.4. The van der Waals surface area contributed by atoms with Gasteiger partial charge in [0.1, 0.15) is 11.4 Å². The van der Waals surface area contributed by atoms with Crippen LogP contribution >= 0.6 is 0 Å². The van der Waals surface area contributed by atoms with Gasteiger partial charge in [-0.15, -0.1) is 0 Å². The molecule has 0 bridgehead atoms. The number of hydrogen-bond acceptors (Lipinski definition) is 8. The Morgan fingerprint density at radius 3 is 2.49 bits per heavy atom. The smallest absolute Gasteiger partial charge is 0.230 e. The number of likely N-dealkylation sites (tertiary alicyclic amines) is 1. The number of nitrogens with one attached hydrogen (secondary N) is 1. The first-order valence-corrected chi connectivity index (χ1v) is 12.9. The summed E-state index contributed by atoms with van der Waals surface area (Å²) in [6, 6.07) is 9.55. The Balaban J connectivity index is 1.44. The standard InChI is InChI=1S/C28H35N5O4/c1-18(2)36-24-7-5-22(6-8-24)28(35,27(4)16-30-17-27)23-13-21(14-29-15-23)25-31-26(37-32-25)20-9-11-33(12-10-20)19(3)34/h5-8,13-15,18,20,30,35H,9-12,16-17H2,1-4H3/t28-/m0/s1. The number of pyridine rings is 1. The first-order valence-electron chi connectivity index (χ1n) is 12.9. The van der Waals surface area contributed by atoms with Crippen LogP contribution in [0.25, 0.3) is 11.4 Å². The van der Waals surface area contributed by atoms with Crippen molar-refractivity contribution >= 4 is 5.91 Å². The number of nitrogens with zero attached hydrogens (tertiary/aromatic N) is 4. The van der Waals surface area contributed by atoms with E-state index in [0.29, 0.717) is 49.0 Å². The molecule has 0 radical (unpaired) electrons. The molecule has 0 unspecified atom stereocenters. The molecular formula is C28H35N5O4. The van der Waals surface area contributed by atoms with Crippen LogP contribution in [-0.4, -0.2) is 63.3 Å². The summed E-state index contributed by atoms with van der Waals surface area (Å²) in [5, 5.41) is 19.9. The number of aromatic nitrogens is 3. The lowest BCUT2D eigenvalue weighted by Gasteiger charge is -2.52. The van der Waals surface area contributed by atoms with Crippen molar-refractivity contribution in [2.24, 2.45) is 5.41 Å². The highest BCUT2D eigenvalue weighted by Gasteiger charge is 2.53. The van der Waals surface area contributed by atoms with E-state index in [0.717, 1.165) is 24.2 Å². The summed E-state index contributed by atoms with van der Waals surface area (Å²) in [7, 11) is 0. The molecule has 1 amide bonds. The van der Waals surface area contributed by atoms with Crippen LogP contribution in [0.1, 0.15) is 63.5 Å². The molecule has 2 fully saturated rings. The van der Waals surface area contributed by atoms with Crippen LogP contribution < -0.4 is 10.1 Å². The van der Waals surface area contributed by atoms with Crippen molar-refractivity contribution in [3.05, 3.63) is 59.7 Å². The lowest BCUT2D eigenvalue weighted by atomic mass is 9.63. The molecule has 0 aliphatic carbocycles. The maximum Gasteiger partial charge on any atom is 0.230 e. The zero-order valence-corrected chi connectivity index (χ0v) is 21.9. The molecule has 3 aromatic rings. The van der Waals surface area contributed by atoms with Crippen molar-refractivity contribution in [3.63, 3.8) is 0 Å². The fraction of sp³-hybridized carbons (Fsp3) is 0.500. The van der Waals surface area contributed by atoms with Crippen LogP contribution in [0.4, 0.5) is 0 Å². The number of rotatable bonds is 7. The van der Waals surface area contributed by atoms with Crippen LogP contribution in [0.15, 0.2) is 47.2 Å². The molecule has 0 spiro atoms. The molecule has 1 atom stereocenters. The number of ether oxygens (including phenoxy) is 1. The SMILES string of the molecule is CC(=O)N1CCC(c2nc(-c3cncc([C@@](O)(c4ccc(OC(C)C)cc4)C4(C)CNC4)c3)no2)CC1. The Hall–Kier alpha value is -3.30. The van der Waals surface area contributed by atoms with Gasteiger partial charge in [0.2, 0.25) is 17.6 Å². The van der Waals surface area contributed by atoms with Gasteiger partial charge < -0.3 is 24.6 Å². The summed E-state index contributed by atoms with van der Waals surface area (Å²) in [5.41, 5.74) is 0.415. The Bertz CT molecular complexity index is 1250. The zero-order valence-electron chi connectivity index (χ0n) is 21.9. The quantitative estimate of drug-likeness (QED) is 0.502. The second kappa shape index (κ2) is 9.87. The Labute approximate surface area is 217 Å². The van der Waals surface area contributed by atoms with E-state index in [2.05, 4.69) is 27.4 Å². The third-order valence-electron chi connectivity index (χ3n) is 7.69. The third-order valence-corrected chi connectivity index (χ3v) is 7.69. The lowest BCUT2D eigenvalue weighted by molar-refractivity contribution is -0.129. The van der Waals surface area contributed by atoms with Gasteiger partial charge in [-0.1, -0.05) is 24.2 Å². The molecule has 9 heteroatoms. The number of carbonyl (C=O) groups excluding carboxylic acids is 1. The van der Waals surface area contributed by atoms with E-state index in [1.54, 1.807) is 19.3 Å². The fourth-order valence-corrected chi connectivity index (χ4v) is 5.39. The molecule has 196 valence electrons. The Morgan fingerprint density at radius 1 is 1.19 bits per heavy atom. The van der Waals surface area contributed by atoms with Gasteiger partial charge in [0, 0.05) is 68.0 Å². The molecule has 2 N–H and O–H groups in total. The first-order chi connectivity index (χ1) is 17.7. The van der Waals surface area contributed by atoms with E-state index in [1.807, 2.05) is 49.1 Å². The summed E-state index contributed by atoms with van der Waals surface area (Å²) < 4.78 is 11.4. The number of hydrogen-bond donors (Lipinski definition) is 2. The minimum atomic E-state index is -1.29. The van der Waals surface area contributed by atoms with E-state index < -0.39 is 11.0 Å². The minimum absolute atomic E-state index is 0.0699. The van der Waals surface area contributed by atoms with Crippen molar-refractivity contribution in [2.75, 3.05) is 26.2 Å². The van der Waals surface area contributed by atoms with E-state index in [4.69, 9.17) is 9.26 Å². The highest BCUT2D eigenvalue weighted by Crippen LogP contribution is 2.48. The van der Waals surface area contributed by atoms with E-state index in [1.165, 1.54) is 0 Å². The summed E-state index contributed by atoms with van der Waals surface area (Å²) in [6.07, 6.45) is 5.06. The van der Waals surface area contributed by atoms with E-state index in [-0.39, 0.29) is 17.9 Å². The van der Waals surface area contributed by atoms with Crippen LogP contribution in [0.5, 0.6) is 5.75 Å². The van der Waals surface area contributed by atoms with Gasteiger partial charge in [-0.2, -0.15) is 4.98 Å². The molecule has 1 aromatic carbocycles. The maximum atomic E-state index is 12.3. The highest BCUT2D eigenvalue weighted by molar-refractivity contribution is 5.73. The second-order valence-electron chi connectivity index (χ2n) is 10.8. The van der Waals surface area contributed by atoms with Crippen LogP contribution in [0.3, 0.4) is 0 Å². The molecule has 9 nitrogen and oxygen atoms in total. The summed E-state index contributed by atoms with van der Waals surface area (Å²) in [4.78, 5) is 22.6. The van der Waals surface area contributed by atoms with Gasteiger partial charge in [0.05, 0.1) is 6.10 Å². The van der Waals surface area contributed by atoms with Gasteiger partial charge in [-0.05, 0) is 50.5 Å². The predicted molar refractivity (Wildman–Crippen MR) is 138 cm³/mol. The molecule has 2 aromatic heterocycles. The number of amides is 1. The van der Waals surface area contributed by atoms with E-state index in [9.17, 15) is 9.90 Å². The molecule has 4 heterocycles. The summed E-state index contributed by atoms with van der Waals surface area (Å²) in [6.45, 7) is 10.4. The second-order valence-corrected chi connectivity index (χ2v) is 10.8. The minimum Gasteiger partial charge on any atom is -0.491 e. The van der Waals surface area contributed by atoms with Crippen molar-refractivity contribution in [1.82, 2.24) is 25.3 Å². The molecule has 2 aliphatic heterocycles. The number of benzene rings is 1. The van der Waals surface area contributed by atoms with Crippen molar-refractivity contribution in [3.8, 4) is 17.1 Å².